The van der Waals surface area contributed by atoms with Crippen molar-refractivity contribution in [1.29, 1.82) is 0 Å². The van der Waals surface area contributed by atoms with Crippen LogP contribution in [0.5, 0.6) is 0 Å². The molecule has 0 aliphatic heterocycles. The van der Waals surface area contributed by atoms with Gasteiger partial charge in [0.2, 0.25) is 0 Å². The molecule has 1 rings (SSSR count). The second-order valence-electron chi connectivity index (χ2n) is 4.00. The fourth-order valence-electron chi connectivity index (χ4n) is 1.94. The Bertz CT molecular complexity index is 119. The average Bonchev–Trinajstić information content (AvgIpc) is 2.06. The molecule has 0 bridgehead atoms. The fourth-order valence-corrected chi connectivity index (χ4v) is 1.94. The lowest BCUT2D eigenvalue weighted by molar-refractivity contribution is 0.0715. The van der Waals surface area contributed by atoms with Gasteiger partial charge >= 0.3 is 0 Å². The maximum atomic E-state index is 13.1. The van der Waals surface area contributed by atoms with E-state index >= 15 is 0 Å². The van der Waals surface area contributed by atoms with Crippen LogP contribution in [-0.4, -0.2) is 17.4 Å². The van der Waals surface area contributed by atoms with Gasteiger partial charge in [0.05, 0.1) is 6.10 Å². The third-order valence-electron chi connectivity index (χ3n) is 2.81. The molecule has 0 amide bonds. The predicted octanol–water partition coefficient (Wildman–Crippen LogP) is 2.68. The van der Waals surface area contributed by atoms with Crippen molar-refractivity contribution in [3.05, 3.63) is 0 Å². The summed E-state index contributed by atoms with van der Waals surface area (Å²) >= 11 is 0. The van der Waals surface area contributed by atoms with Crippen LogP contribution in [0, 0.1) is 5.92 Å². The maximum Gasteiger partial charge on any atom is 0.126 e. The zero-order valence-corrected chi connectivity index (χ0v) is 7.80. The van der Waals surface area contributed by atoms with Crippen LogP contribution < -0.4 is 0 Å². The van der Waals surface area contributed by atoms with E-state index in [9.17, 15) is 4.39 Å². The molecule has 72 valence electrons. The zero-order chi connectivity index (χ0) is 8.97. The highest BCUT2D eigenvalue weighted by molar-refractivity contribution is 4.72. The lowest BCUT2D eigenvalue weighted by atomic mass is 9.85. The van der Waals surface area contributed by atoms with E-state index in [-0.39, 0.29) is 0 Å². The number of hydrogen-bond acceptors (Lipinski definition) is 1. The van der Waals surface area contributed by atoms with Crippen molar-refractivity contribution in [2.24, 2.45) is 5.92 Å². The van der Waals surface area contributed by atoms with Crippen LogP contribution in [0.3, 0.4) is 0 Å². The molecule has 2 unspecified atom stereocenters. The Hall–Kier alpha value is -0.110. The van der Waals surface area contributed by atoms with Gasteiger partial charge in [-0.1, -0.05) is 32.1 Å². The molecule has 0 aromatic heterocycles. The molecule has 0 spiro atoms. The Kier molecular flexibility index (Phi) is 3.99. The average molecular weight is 174 g/mol. The van der Waals surface area contributed by atoms with Gasteiger partial charge in [0.15, 0.2) is 0 Å². The van der Waals surface area contributed by atoms with Crippen LogP contribution >= 0.6 is 0 Å². The topological polar surface area (TPSA) is 20.2 Å². The molecule has 0 radical (unpaired) electrons. The van der Waals surface area contributed by atoms with Crippen LogP contribution in [0.15, 0.2) is 0 Å². The molecular weight excluding hydrogens is 155 g/mol. The van der Waals surface area contributed by atoms with E-state index in [1.807, 2.05) is 0 Å². The summed E-state index contributed by atoms with van der Waals surface area (Å²) in [7, 11) is 0. The summed E-state index contributed by atoms with van der Waals surface area (Å²) < 4.78 is 13.1. The molecular formula is C10H19FO. The Balaban J connectivity index is 2.20. The summed E-state index contributed by atoms with van der Waals surface area (Å²) in [5, 5.41) is 8.98. The van der Waals surface area contributed by atoms with Crippen LogP contribution in [0.1, 0.15) is 45.4 Å². The minimum absolute atomic E-state index is 0.531. The standard InChI is InChI=1S/C10H19FO/c1-8(12)10(11)7-9-5-3-2-4-6-9/h8-10,12H,2-7H2,1H3. The van der Waals surface area contributed by atoms with E-state index in [1.165, 1.54) is 26.2 Å². The van der Waals surface area contributed by atoms with Gasteiger partial charge in [-0.05, 0) is 19.3 Å². The van der Waals surface area contributed by atoms with E-state index < -0.39 is 12.3 Å². The molecule has 1 aliphatic rings. The number of rotatable bonds is 3. The number of aliphatic hydroxyl groups excluding tert-OH is 1. The van der Waals surface area contributed by atoms with Crippen molar-refractivity contribution in [2.75, 3.05) is 0 Å². The van der Waals surface area contributed by atoms with E-state index in [1.54, 1.807) is 0 Å². The quantitative estimate of drug-likeness (QED) is 0.697. The molecule has 1 saturated carbocycles. The summed E-state index contributed by atoms with van der Waals surface area (Å²) in [5.74, 6) is 0.531. The zero-order valence-electron chi connectivity index (χ0n) is 7.80. The van der Waals surface area contributed by atoms with Crippen molar-refractivity contribution < 1.29 is 9.50 Å². The molecule has 12 heavy (non-hydrogen) atoms. The molecule has 0 aromatic rings. The SMILES string of the molecule is CC(O)C(F)CC1CCCCC1. The number of aliphatic hydroxyl groups is 1. The van der Waals surface area contributed by atoms with E-state index in [4.69, 9.17) is 5.11 Å². The highest BCUT2D eigenvalue weighted by Crippen LogP contribution is 2.28. The molecule has 0 saturated heterocycles. The molecule has 1 fully saturated rings. The first-order chi connectivity index (χ1) is 5.70. The first-order valence-electron chi connectivity index (χ1n) is 5.02. The van der Waals surface area contributed by atoms with Crippen LogP contribution in [0.25, 0.3) is 0 Å². The van der Waals surface area contributed by atoms with Gasteiger partial charge in [-0.2, -0.15) is 0 Å². The van der Waals surface area contributed by atoms with E-state index in [0.29, 0.717) is 12.3 Å². The Morgan fingerprint density at radius 2 is 1.92 bits per heavy atom. The van der Waals surface area contributed by atoms with Crippen LogP contribution in [0.4, 0.5) is 4.39 Å². The molecule has 2 atom stereocenters. The van der Waals surface area contributed by atoms with Gasteiger partial charge in [-0.15, -0.1) is 0 Å². The van der Waals surface area contributed by atoms with Gasteiger partial charge < -0.3 is 5.11 Å². The van der Waals surface area contributed by atoms with Gasteiger partial charge in [0, 0.05) is 0 Å². The van der Waals surface area contributed by atoms with E-state index in [0.717, 1.165) is 12.8 Å². The van der Waals surface area contributed by atoms with Crippen molar-refractivity contribution in [3.8, 4) is 0 Å². The molecule has 0 aromatic carbocycles. The second kappa shape index (κ2) is 4.80. The summed E-state index contributed by atoms with van der Waals surface area (Å²) in [4.78, 5) is 0. The third-order valence-corrected chi connectivity index (χ3v) is 2.81. The largest absolute Gasteiger partial charge is 0.390 e. The molecule has 1 aliphatic carbocycles. The highest BCUT2D eigenvalue weighted by atomic mass is 19.1. The summed E-state index contributed by atoms with van der Waals surface area (Å²) in [6.45, 7) is 1.54. The van der Waals surface area contributed by atoms with Crippen LogP contribution in [0.2, 0.25) is 0 Å². The molecule has 0 heterocycles. The second-order valence-corrected chi connectivity index (χ2v) is 4.00. The van der Waals surface area contributed by atoms with Gasteiger partial charge in [-0.25, -0.2) is 4.39 Å². The Morgan fingerprint density at radius 1 is 1.33 bits per heavy atom. The monoisotopic (exact) mass is 174 g/mol. The minimum atomic E-state index is -1.01. The van der Waals surface area contributed by atoms with Gasteiger partial charge in [-0.3, -0.25) is 0 Å². The highest BCUT2D eigenvalue weighted by Gasteiger charge is 2.21. The maximum absolute atomic E-state index is 13.1. The van der Waals surface area contributed by atoms with E-state index in [2.05, 4.69) is 0 Å². The van der Waals surface area contributed by atoms with Gasteiger partial charge in [0.25, 0.3) is 0 Å². The molecule has 1 N–H and O–H groups in total. The number of halogens is 1. The fraction of sp³-hybridized carbons (Fsp3) is 1.00. The smallest absolute Gasteiger partial charge is 0.126 e. The molecule has 1 nitrogen and oxygen atoms in total. The first kappa shape index (κ1) is 9.97. The lowest BCUT2D eigenvalue weighted by Gasteiger charge is -2.23. The number of alkyl halides is 1. The van der Waals surface area contributed by atoms with Crippen LogP contribution in [-0.2, 0) is 0 Å². The first-order valence-corrected chi connectivity index (χ1v) is 5.02. The van der Waals surface area contributed by atoms with Crippen molar-refractivity contribution in [3.63, 3.8) is 0 Å². The van der Waals surface area contributed by atoms with Crippen molar-refractivity contribution in [2.45, 2.75) is 57.7 Å². The summed E-state index contributed by atoms with van der Waals surface area (Å²) in [5.41, 5.74) is 0. The summed E-state index contributed by atoms with van der Waals surface area (Å²) in [6, 6.07) is 0. The summed E-state index contributed by atoms with van der Waals surface area (Å²) in [6.07, 6.45) is 4.90. The number of hydrogen-bond donors (Lipinski definition) is 1. The lowest BCUT2D eigenvalue weighted by Crippen LogP contribution is -2.22. The Morgan fingerprint density at radius 3 is 2.42 bits per heavy atom. The van der Waals surface area contributed by atoms with Gasteiger partial charge in [0.1, 0.15) is 6.17 Å². The van der Waals surface area contributed by atoms with Crippen molar-refractivity contribution in [1.82, 2.24) is 0 Å². The minimum Gasteiger partial charge on any atom is -0.390 e. The third kappa shape index (κ3) is 3.10. The molecule has 2 heteroatoms. The van der Waals surface area contributed by atoms with Crippen molar-refractivity contribution >= 4 is 0 Å². The normalized spacial score (nSPS) is 25.2. The Labute approximate surface area is 74.0 Å². The predicted molar refractivity (Wildman–Crippen MR) is 47.8 cm³/mol.